The molecular weight excluding hydrogens is 240 g/mol. The van der Waals surface area contributed by atoms with Crippen LogP contribution in [0.1, 0.15) is 0 Å². The van der Waals surface area contributed by atoms with Crippen molar-refractivity contribution in [1.29, 1.82) is 0 Å². The minimum absolute atomic E-state index is 0.664. The first-order valence-electron chi connectivity index (χ1n) is 4.54. The number of nitrogen functional groups attached to an aromatic ring is 1. The van der Waals surface area contributed by atoms with Gasteiger partial charge < -0.3 is 5.73 Å². The molecule has 0 fully saturated rings. The maximum Gasteiger partial charge on any atom is 0.125 e. The van der Waals surface area contributed by atoms with Gasteiger partial charge in [-0.25, -0.2) is 15.0 Å². The first-order chi connectivity index (χ1) is 7.79. The zero-order valence-electron chi connectivity index (χ0n) is 8.62. The standard InChI is InChI=1S/C10H10N4S2/c1-15-8-5-9(14-6-13-8)16-10-7(11)3-2-4-12-10/h2-6H,11H2,1H3. The molecule has 2 heterocycles. The molecule has 2 aromatic rings. The largest absolute Gasteiger partial charge is 0.397 e. The van der Waals surface area contributed by atoms with Crippen LogP contribution in [0.3, 0.4) is 0 Å². The van der Waals surface area contributed by atoms with Crippen molar-refractivity contribution in [3.8, 4) is 0 Å². The summed E-state index contributed by atoms with van der Waals surface area (Å²) in [5.41, 5.74) is 6.47. The predicted molar refractivity (Wildman–Crippen MR) is 66.6 cm³/mol. The number of hydrogen-bond acceptors (Lipinski definition) is 6. The third-order valence-electron chi connectivity index (χ3n) is 1.83. The third kappa shape index (κ3) is 2.65. The van der Waals surface area contributed by atoms with Gasteiger partial charge in [0.15, 0.2) is 0 Å². The lowest BCUT2D eigenvalue weighted by Gasteiger charge is -2.03. The van der Waals surface area contributed by atoms with Gasteiger partial charge in [-0.1, -0.05) is 0 Å². The van der Waals surface area contributed by atoms with E-state index in [-0.39, 0.29) is 0 Å². The van der Waals surface area contributed by atoms with E-state index in [9.17, 15) is 0 Å². The quantitative estimate of drug-likeness (QED) is 0.666. The monoisotopic (exact) mass is 250 g/mol. The zero-order chi connectivity index (χ0) is 11.4. The first-order valence-corrected chi connectivity index (χ1v) is 6.58. The lowest BCUT2D eigenvalue weighted by atomic mass is 10.4. The first kappa shape index (κ1) is 11.2. The highest BCUT2D eigenvalue weighted by Gasteiger charge is 2.04. The predicted octanol–water partition coefficient (Wildman–Crippen LogP) is 2.33. The highest BCUT2D eigenvalue weighted by atomic mass is 32.2. The van der Waals surface area contributed by atoms with Crippen LogP contribution in [-0.2, 0) is 0 Å². The number of nitrogens with two attached hydrogens (primary N) is 1. The van der Waals surface area contributed by atoms with Gasteiger partial charge in [-0.3, -0.25) is 0 Å². The Bertz CT molecular complexity index is 490. The Morgan fingerprint density at radius 1 is 1.19 bits per heavy atom. The molecule has 16 heavy (non-hydrogen) atoms. The molecule has 0 unspecified atom stereocenters. The average molecular weight is 250 g/mol. The molecule has 2 rings (SSSR count). The van der Waals surface area contributed by atoms with E-state index < -0.39 is 0 Å². The van der Waals surface area contributed by atoms with Crippen molar-refractivity contribution in [3.05, 3.63) is 30.7 Å². The van der Waals surface area contributed by atoms with Crippen LogP contribution in [0.15, 0.2) is 45.8 Å². The Kier molecular flexibility index (Phi) is 3.63. The van der Waals surface area contributed by atoms with Crippen LogP contribution in [-0.4, -0.2) is 21.2 Å². The van der Waals surface area contributed by atoms with Crippen molar-refractivity contribution in [3.63, 3.8) is 0 Å². The van der Waals surface area contributed by atoms with E-state index in [4.69, 9.17) is 5.73 Å². The van der Waals surface area contributed by atoms with Gasteiger partial charge in [-0.15, -0.1) is 11.8 Å². The second-order valence-electron chi connectivity index (χ2n) is 2.90. The van der Waals surface area contributed by atoms with Crippen LogP contribution in [0.5, 0.6) is 0 Å². The molecule has 0 aliphatic heterocycles. The van der Waals surface area contributed by atoms with Crippen molar-refractivity contribution in [2.24, 2.45) is 0 Å². The van der Waals surface area contributed by atoms with E-state index in [1.54, 1.807) is 24.3 Å². The van der Waals surface area contributed by atoms with E-state index in [1.807, 2.05) is 24.5 Å². The molecule has 0 amide bonds. The maximum absolute atomic E-state index is 5.81. The van der Waals surface area contributed by atoms with E-state index in [1.165, 1.54) is 11.8 Å². The highest BCUT2D eigenvalue weighted by Crippen LogP contribution is 2.29. The number of thioether (sulfide) groups is 1. The number of hydrogen-bond donors (Lipinski definition) is 1. The molecule has 82 valence electrons. The lowest BCUT2D eigenvalue weighted by molar-refractivity contribution is 0.961. The van der Waals surface area contributed by atoms with Gasteiger partial charge in [-0.2, -0.15) is 0 Å². The highest BCUT2D eigenvalue weighted by molar-refractivity contribution is 7.99. The molecule has 0 aliphatic rings. The fourth-order valence-electron chi connectivity index (χ4n) is 1.08. The van der Waals surface area contributed by atoms with Gasteiger partial charge in [0.1, 0.15) is 21.4 Å². The van der Waals surface area contributed by atoms with E-state index >= 15 is 0 Å². The molecule has 0 saturated carbocycles. The normalized spacial score (nSPS) is 10.3. The van der Waals surface area contributed by atoms with Crippen molar-refractivity contribution >= 4 is 29.2 Å². The smallest absolute Gasteiger partial charge is 0.125 e. The second-order valence-corrected chi connectivity index (χ2v) is 4.73. The van der Waals surface area contributed by atoms with Crippen molar-refractivity contribution < 1.29 is 0 Å². The Balaban J connectivity index is 2.24. The van der Waals surface area contributed by atoms with Crippen LogP contribution in [0.25, 0.3) is 0 Å². The number of nitrogens with zero attached hydrogens (tertiary/aromatic N) is 3. The second kappa shape index (κ2) is 5.18. The summed E-state index contributed by atoms with van der Waals surface area (Å²) < 4.78 is 0. The summed E-state index contributed by atoms with van der Waals surface area (Å²) in [6.07, 6.45) is 5.24. The van der Waals surface area contributed by atoms with Crippen molar-refractivity contribution in [2.75, 3.05) is 12.0 Å². The Morgan fingerprint density at radius 3 is 2.75 bits per heavy atom. The molecule has 4 nitrogen and oxygen atoms in total. The van der Waals surface area contributed by atoms with Gasteiger partial charge in [0.25, 0.3) is 0 Å². The molecule has 0 atom stereocenters. The summed E-state index contributed by atoms with van der Waals surface area (Å²) in [7, 11) is 0. The van der Waals surface area contributed by atoms with Crippen LogP contribution in [0, 0.1) is 0 Å². The van der Waals surface area contributed by atoms with Crippen LogP contribution < -0.4 is 5.73 Å². The van der Waals surface area contributed by atoms with Gasteiger partial charge in [0.2, 0.25) is 0 Å². The minimum atomic E-state index is 0.664. The third-order valence-corrected chi connectivity index (χ3v) is 3.44. The fourth-order valence-corrected chi connectivity index (χ4v) is 2.30. The van der Waals surface area contributed by atoms with E-state index in [0.717, 1.165) is 15.1 Å². The zero-order valence-corrected chi connectivity index (χ0v) is 10.3. The summed E-state index contributed by atoms with van der Waals surface area (Å²) in [6.45, 7) is 0. The number of anilines is 1. The van der Waals surface area contributed by atoms with Crippen LogP contribution >= 0.6 is 23.5 Å². The molecule has 0 spiro atoms. The summed E-state index contributed by atoms with van der Waals surface area (Å²) in [5.74, 6) is 0. The number of aromatic nitrogens is 3. The number of rotatable bonds is 3. The Morgan fingerprint density at radius 2 is 2.00 bits per heavy atom. The van der Waals surface area contributed by atoms with Crippen LogP contribution in [0.4, 0.5) is 5.69 Å². The summed E-state index contributed by atoms with van der Waals surface area (Å²) in [6, 6.07) is 5.56. The maximum atomic E-state index is 5.81. The van der Waals surface area contributed by atoms with E-state index in [0.29, 0.717) is 5.69 Å². The van der Waals surface area contributed by atoms with Gasteiger partial charge in [0, 0.05) is 12.3 Å². The topological polar surface area (TPSA) is 64.7 Å². The summed E-state index contributed by atoms with van der Waals surface area (Å²) in [5, 5.41) is 2.56. The molecule has 0 saturated heterocycles. The van der Waals surface area contributed by atoms with Crippen LogP contribution in [0.2, 0.25) is 0 Å². The Labute approximate surface area is 102 Å². The molecule has 2 aromatic heterocycles. The minimum Gasteiger partial charge on any atom is -0.397 e. The SMILES string of the molecule is CSc1cc(Sc2ncccc2N)ncn1. The average Bonchev–Trinajstić information content (AvgIpc) is 2.32. The van der Waals surface area contributed by atoms with Gasteiger partial charge >= 0.3 is 0 Å². The van der Waals surface area contributed by atoms with Crippen molar-refractivity contribution in [1.82, 2.24) is 15.0 Å². The molecule has 0 aliphatic carbocycles. The molecule has 0 aromatic carbocycles. The van der Waals surface area contributed by atoms with Gasteiger partial charge in [0.05, 0.1) is 5.69 Å². The fraction of sp³-hybridized carbons (Fsp3) is 0.100. The summed E-state index contributed by atoms with van der Waals surface area (Å²) in [4.78, 5) is 12.5. The van der Waals surface area contributed by atoms with E-state index in [2.05, 4.69) is 15.0 Å². The number of pyridine rings is 1. The lowest BCUT2D eigenvalue weighted by Crippen LogP contribution is -1.92. The Hall–Kier alpha value is -1.27. The summed E-state index contributed by atoms with van der Waals surface area (Å²) >= 11 is 3.02. The van der Waals surface area contributed by atoms with Crippen molar-refractivity contribution in [2.45, 2.75) is 15.1 Å². The molecule has 6 heteroatoms. The molecule has 0 radical (unpaired) electrons. The molecular formula is C10H10N4S2. The molecule has 0 bridgehead atoms. The van der Waals surface area contributed by atoms with Gasteiger partial charge in [-0.05, 0) is 30.2 Å². The molecule has 2 N–H and O–H groups in total.